The van der Waals surface area contributed by atoms with Crippen molar-refractivity contribution in [3.8, 4) is 0 Å². The number of anilines is 2. The molecule has 0 aliphatic carbocycles. The number of hydrogen-bond donors (Lipinski definition) is 3. The molecule has 0 saturated carbocycles. The maximum atomic E-state index is 12.3. The predicted octanol–water partition coefficient (Wildman–Crippen LogP) is 2.43. The molecule has 0 unspecified atom stereocenters. The molecule has 0 atom stereocenters. The van der Waals surface area contributed by atoms with Gasteiger partial charge in [-0.15, -0.1) is 0 Å². The zero-order valence-corrected chi connectivity index (χ0v) is 12.7. The molecule has 0 spiro atoms. The van der Waals surface area contributed by atoms with Gasteiger partial charge in [-0.2, -0.15) is 0 Å². The highest BCUT2D eigenvalue weighted by Gasteiger charge is 2.17. The molecule has 0 saturated heterocycles. The van der Waals surface area contributed by atoms with E-state index < -0.39 is 10.0 Å². The van der Waals surface area contributed by atoms with E-state index in [0.29, 0.717) is 17.9 Å². The first kappa shape index (κ1) is 14.4. The van der Waals surface area contributed by atoms with Crippen molar-refractivity contribution in [2.24, 2.45) is 0 Å². The van der Waals surface area contributed by atoms with Gasteiger partial charge in [0.15, 0.2) is 0 Å². The van der Waals surface area contributed by atoms with Gasteiger partial charge in [0, 0.05) is 17.9 Å². The van der Waals surface area contributed by atoms with E-state index >= 15 is 0 Å². The minimum absolute atomic E-state index is 0.210. The predicted molar refractivity (Wildman–Crippen MR) is 84.3 cm³/mol. The zero-order valence-electron chi connectivity index (χ0n) is 11.9. The molecule has 1 aliphatic rings. The van der Waals surface area contributed by atoms with E-state index in [-0.39, 0.29) is 10.9 Å². The van der Waals surface area contributed by atoms with E-state index in [0.717, 1.165) is 11.1 Å². The number of sulfonamides is 1. The summed E-state index contributed by atoms with van der Waals surface area (Å²) in [5, 5.41) is 5.30. The van der Waals surface area contributed by atoms with Gasteiger partial charge in [-0.1, -0.05) is 17.7 Å². The molecule has 2 aromatic rings. The lowest BCUT2D eigenvalue weighted by atomic mass is 10.1. The molecule has 1 heterocycles. The van der Waals surface area contributed by atoms with Crippen molar-refractivity contribution >= 4 is 27.4 Å². The average Bonchev–Trinajstić information content (AvgIpc) is 2.47. The minimum atomic E-state index is -3.63. The van der Waals surface area contributed by atoms with E-state index in [1.165, 1.54) is 0 Å². The smallest absolute Gasteiger partial charge is 0.319 e. The van der Waals surface area contributed by atoms with Crippen LogP contribution in [-0.2, 0) is 16.6 Å². The molecule has 0 aromatic heterocycles. The molecule has 2 amide bonds. The summed E-state index contributed by atoms with van der Waals surface area (Å²) in [6.07, 6.45) is 0. The third-order valence-electron chi connectivity index (χ3n) is 3.38. The van der Waals surface area contributed by atoms with Crippen LogP contribution in [0.1, 0.15) is 11.1 Å². The number of aryl methyl sites for hydroxylation is 1. The van der Waals surface area contributed by atoms with Crippen molar-refractivity contribution in [2.45, 2.75) is 18.4 Å². The van der Waals surface area contributed by atoms with E-state index in [1.54, 1.807) is 42.5 Å². The summed E-state index contributed by atoms with van der Waals surface area (Å²) >= 11 is 0. The summed E-state index contributed by atoms with van der Waals surface area (Å²) in [5.41, 5.74) is 2.96. The summed E-state index contributed by atoms with van der Waals surface area (Å²) in [4.78, 5) is 11.4. The van der Waals surface area contributed by atoms with Crippen molar-refractivity contribution in [3.05, 3.63) is 53.6 Å². The number of hydrogen-bond acceptors (Lipinski definition) is 3. The Morgan fingerprint density at radius 3 is 2.55 bits per heavy atom. The first-order valence-corrected chi connectivity index (χ1v) is 8.20. The van der Waals surface area contributed by atoms with E-state index in [1.807, 2.05) is 6.92 Å². The molecule has 7 heteroatoms. The molecule has 22 heavy (non-hydrogen) atoms. The Morgan fingerprint density at radius 1 is 1.09 bits per heavy atom. The molecular weight excluding hydrogens is 302 g/mol. The fourth-order valence-electron chi connectivity index (χ4n) is 2.20. The fourth-order valence-corrected chi connectivity index (χ4v) is 3.25. The third-order valence-corrected chi connectivity index (χ3v) is 4.77. The number of nitrogens with one attached hydrogen (secondary N) is 3. The van der Waals surface area contributed by atoms with Crippen LogP contribution in [0, 0.1) is 6.92 Å². The standard InChI is InChI=1S/C15H15N3O3S/c1-10-2-5-13(6-3-10)22(20,21)18-12-4-7-14-11(8-12)9-16-15(19)17-14/h2-8,18H,9H2,1H3,(H2,16,17,19). The number of urea groups is 1. The van der Waals surface area contributed by atoms with Crippen LogP contribution < -0.4 is 15.4 Å². The number of carbonyl (C=O) groups excluding carboxylic acids is 1. The van der Waals surface area contributed by atoms with E-state index in [4.69, 9.17) is 0 Å². The van der Waals surface area contributed by atoms with Crippen LogP contribution in [0.3, 0.4) is 0 Å². The second-order valence-corrected chi connectivity index (χ2v) is 6.78. The fraction of sp³-hybridized carbons (Fsp3) is 0.133. The van der Waals surface area contributed by atoms with Gasteiger partial charge >= 0.3 is 6.03 Å². The molecule has 114 valence electrons. The topological polar surface area (TPSA) is 87.3 Å². The molecular formula is C15H15N3O3S. The second kappa shape index (κ2) is 5.34. The van der Waals surface area contributed by atoms with Gasteiger partial charge in [0.1, 0.15) is 0 Å². The Hall–Kier alpha value is -2.54. The Kier molecular flexibility index (Phi) is 3.50. The highest BCUT2D eigenvalue weighted by molar-refractivity contribution is 7.92. The summed E-state index contributed by atoms with van der Waals surface area (Å²) in [6.45, 7) is 2.26. The van der Waals surface area contributed by atoms with Crippen molar-refractivity contribution in [1.29, 1.82) is 0 Å². The van der Waals surface area contributed by atoms with Gasteiger partial charge in [0.2, 0.25) is 0 Å². The highest BCUT2D eigenvalue weighted by atomic mass is 32.2. The molecule has 0 bridgehead atoms. The molecule has 3 rings (SSSR count). The average molecular weight is 317 g/mol. The lowest BCUT2D eigenvalue weighted by Crippen LogP contribution is -2.33. The van der Waals surface area contributed by atoms with E-state index in [9.17, 15) is 13.2 Å². The molecule has 3 N–H and O–H groups in total. The molecule has 2 aromatic carbocycles. The van der Waals surface area contributed by atoms with Crippen LogP contribution in [-0.4, -0.2) is 14.4 Å². The third kappa shape index (κ3) is 2.89. The first-order valence-electron chi connectivity index (χ1n) is 6.71. The quantitative estimate of drug-likeness (QED) is 0.812. The number of amides is 2. The summed E-state index contributed by atoms with van der Waals surface area (Å²) in [5.74, 6) is 0. The number of fused-ring (bicyclic) bond motifs is 1. The Bertz CT molecular complexity index is 830. The van der Waals surface area contributed by atoms with Crippen molar-refractivity contribution in [3.63, 3.8) is 0 Å². The van der Waals surface area contributed by atoms with Crippen molar-refractivity contribution < 1.29 is 13.2 Å². The lowest BCUT2D eigenvalue weighted by Gasteiger charge is -2.19. The summed E-state index contributed by atoms with van der Waals surface area (Å²) in [6, 6.07) is 11.4. The largest absolute Gasteiger partial charge is 0.334 e. The lowest BCUT2D eigenvalue weighted by molar-refractivity contribution is 0.251. The normalized spacial score (nSPS) is 13.8. The Balaban J connectivity index is 1.86. The number of carbonyl (C=O) groups is 1. The molecule has 1 aliphatic heterocycles. The minimum Gasteiger partial charge on any atom is -0.334 e. The zero-order chi connectivity index (χ0) is 15.7. The van der Waals surface area contributed by atoms with Crippen molar-refractivity contribution in [1.82, 2.24) is 5.32 Å². The van der Waals surface area contributed by atoms with E-state index in [2.05, 4.69) is 15.4 Å². The molecule has 0 fully saturated rings. The molecule has 6 nitrogen and oxygen atoms in total. The van der Waals surface area contributed by atoms with Crippen LogP contribution in [0.2, 0.25) is 0 Å². The Morgan fingerprint density at radius 2 is 1.82 bits per heavy atom. The monoisotopic (exact) mass is 317 g/mol. The maximum absolute atomic E-state index is 12.3. The van der Waals surface area contributed by atoms with Crippen LogP contribution in [0.4, 0.5) is 16.2 Å². The van der Waals surface area contributed by atoms with Gasteiger partial charge in [0.05, 0.1) is 4.90 Å². The van der Waals surface area contributed by atoms with Gasteiger partial charge < -0.3 is 10.6 Å². The van der Waals surface area contributed by atoms with Crippen LogP contribution in [0.5, 0.6) is 0 Å². The van der Waals surface area contributed by atoms with Crippen LogP contribution in [0.15, 0.2) is 47.4 Å². The molecule has 0 radical (unpaired) electrons. The van der Waals surface area contributed by atoms with Crippen LogP contribution >= 0.6 is 0 Å². The Labute approximate surface area is 128 Å². The van der Waals surface area contributed by atoms with Gasteiger partial charge in [-0.3, -0.25) is 4.72 Å². The summed E-state index contributed by atoms with van der Waals surface area (Å²) in [7, 11) is -3.63. The van der Waals surface area contributed by atoms with Crippen LogP contribution in [0.25, 0.3) is 0 Å². The number of benzene rings is 2. The van der Waals surface area contributed by atoms with Crippen molar-refractivity contribution in [2.75, 3.05) is 10.0 Å². The number of rotatable bonds is 3. The second-order valence-electron chi connectivity index (χ2n) is 5.10. The highest BCUT2D eigenvalue weighted by Crippen LogP contribution is 2.24. The van der Waals surface area contributed by atoms with Gasteiger partial charge in [-0.05, 0) is 42.8 Å². The SMILES string of the molecule is Cc1ccc(S(=O)(=O)Nc2ccc3c(c2)CNC(=O)N3)cc1. The first-order chi connectivity index (χ1) is 10.4. The van der Waals surface area contributed by atoms with Gasteiger partial charge in [0.25, 0.3) is 10.0 Å². The summed E-state index contributed by atoms with van der Waals surface area (Å²) < 4.78 is 27.2. The maximum Gasteiger partial charge on any atom is 0.319 e. The van der Waals surface area contributed by atoms with Gasteiger partial charge in [-0.25, -0.2) is 13.2 Å².